The lowest BCUT2D eigenvalue weighted by atomic mass is 10.1. The molecule has 2 aromatic carbocycles. The van der Waals surface area contributed by atoms with Crippen molar-refractivity contribution in [1.82, 2.24) is 0 Å². The van der Waals surface area contributed by atoms with E-state index in [-0.39, 0.29) is 21.9 Å². The molecule has 2 rings (SSSR count). The number of carboxylic acid groups (broad SMARTS) is 1. The van der Waals surface area contributed by atoms with Gasteiger partial charge in [0.05, 0.1) is 25.5 Å². The number of sulfonamides is 1. The van der Waals surface area contributed by atoms with E-state index in [2.05, 4.69) is 4.72 Å². The van der Waals surface area contributed by atoms with E-state index in [1.807, 2.05) is 0 Å². The quantitative estimate of drug-likeness (QED) is 0.829. The van der Waals surface area contributed by atoms with E-state index in [0.29, 0.717) is 11.3 Å². The van der Waals surface area contributed by atoms with E-state index in [4.69, 9.17) is 9.47 Å². The summed E-state index contributed by atoms with van der Waals surface area (Å²) in [6, 6.07) is 8.74. The van der Waals surface area contributed by atoms with Gasteiger partial charge in [0.15, 0.2) is 0 Å². The highest BCUT2D eigenvalue weighted by Crippen LogP contribution is 2.30. The maximum atomic E-state index is 12.7. The average Bonchev–Trinajstić information content (AvgIpc) is 2.55. The lowest BCUT2D eigenvalue weighted by Gasteiger charge is -2.14. The van der Waals surface area contributed by atoms with Crippen molar-refractivity contribution < 1.29 is 27.8 Å². The van der Waals surface area contributed by atoms with Gasteiger partial charge in [-0.25, -0.2) is 13.2 Å². The summed E-state index contributed by atoms with van der Waals surface area (Å²) in [7, 11) is -1.32. The van der Waals surface area contributed by atoms with Crippen molar-refractivity contribution in [2.45, 2.75) is 11.8 Å². The van der Waals surface area contributed by atoms with Crippen molar-refractivity contribution in [2.75, 3.05) is 18.9 Å². The minimum absolute atomic E-state index is 0.0297. The van der Waals surface area contributed by atoms with Crippen LogP contribution in [0, 0.1) is 6.92 Å². The Morgan fingerprint density at radius 2 is 1.79 bits per heavy atom. The summed E-state index contributed by atoms with van der Waals surface area (Å²) in [5.41, 5.74) is 0.535. The molecule has 0 aromatic heterocycles. The molecule has 0 saturated carbocycles. The molecule has 0 aliphatic carbocycles. The second-order valence-electron chi connectivity index (χ2n) is 4.98. The van der Waals surface area contributed by atoms with Crippen LogP contribution in [-0.2, 0) is 10.0 Å². The fourth-order valence-electron chi connectivity index (χ4n) is 2.12. The van der Waals surface area contributed by atoms with E-state index < -0.39 is 16.0 Å². The number of ether oxygens (including phenoxy) is 2. The lowest BCUT2D eigenvalue weighted by Crippen LogP contribution is -2.16. The number of nitrogens with one attached hydrogen (secondary N) is 1. The number of benzene rings is 2. The van der Waals surface area contributed by atoms with Gasteiger partial charge in [0.1, 0.15) is 16.4 Å². The Hall–Kier alpha value is -2.74. The van der Waals surface area contributed by atoms with Gasteiger partial charge in [-0.2, -0.15) is 0 Å². The van der Waals surface area contributed by atoms with E-state index in [9.17, 15) is 18.3 Å². The minimum Gasteiger partial charge on any atom is -0.497 e. The molecule has 0 atom stereocenters. The molecule has 0 fully saturated rings. The zero-order chi connectivity index (χ0) is 17.9. The van der Waals surface area contributed by atoms with Crippen LogP contribution in [0.2, 0.25) is 0 Å². The van der Waals surface area contributed by atoms with Crippen LogP contribution in [-0.4, -0.2) is 33.7 Å². The summed E-state index contributed by atoms with van der Waals surface area (Å²) in [6.45, 7) is 1.72. The molecule has 128 valence electrons. The molecule has 0 radical (unpaired) electrons. The maximum absolute atomic E-state index is 12.7. The largest absolute Gasteiger partial charge is 0.497 e. The molecule has 8 heteroatoms. The highest BCUT2D eigenvalue weighted by atomic mass is 32.2. The number of carbonyl (C=O) groups is 1. The second kappa shape index (κ2) is 6.79. The minimum atomic E-state index is -4.08. The third kappa shape index (κ3) is 3.60. The Morgan fingerprint density at radius 3 is 2.38 bits per heavy atom. The van der Waals surface area contributed by atoms with Gasteiger partial charge in [0, 0.05) is 6.07 Å². The van der Waals surface area contributed by atoms with Crippen LogP contribution < -0.4 is 14.2 Å². The van der Waals surface area contributed by atoms with Gasteiger partial charge in [-0.3, -0.25) is 4.72 Å². The predicted molar refractivity (Wildman–Crippen MR) is 88.5 cm³/mol. The normalized spacial score (nSPS) is 11.0. The standard InChI is InChI=1S/C16H17NO6S/c1-10-4-6-13(12(8-10)16(18)19)17-24(20,21)15-9-11(22-2)5-7-14(15)23-3/h4-9,17H,1-3H3,(H,18,19). The van der Waals surface area contributed by atoms with Crippen LogP contribution in [0.4, 0.5) is 5.69 Å². The summed E-state index contributed by atoms with van der Waals surface area (Å²) in [5.74, 6) is -0.778. The Morgan fingerprint density at radius 1 is 1.08 bits per heavy atom. The molecule has 0 aliphatic rings. The zero-order valence-electron chi connectivity index (χ0n) is 13.4. The first kappa shape index (κ1) is 17.6. The van der Waals surface area contributed by atoms with Crippen molar-refractivity contribution >= 4 is 21.7 Å². The number of methoxy groups -OCH3 is 2. The molecule has 7 nitrogen and oxygen atoms in total. The highest BCUT2D eigenvalue weighted by Gasteiger charge is 2.23. The molecule has 2 aromatic rings. The first-order valence-electron chi connectivity index (χ1n) is 6.87. The van der Waals surface area contributed by atoms with Crippen molar-refractivity contribution in [2.24, 2.45) is 0 Å². The van der Waals surface area contributed by atoms with E-state index in [0.717, 1.165) is 0 Å². The molecule has 24 heavy (non-hydrogen) atoms. The maximum Gasteiger partial charge on any atom is 0.337 e. The molecular weight excluding hydrogens is 334 g/mol. The monoisotopic (exact) mass is 351 g/mol. The fraction of sp³-hybridized carbons (Fsp3) is 0.188. The number of rotatable bonds is 6. The Balaban J connectivity index is 2.52. The van der Waals surface area contributed by atoms with Crippen LogP contribution >= 0.6 is 0 Å². The number of carboxylic acids is 1. The Labute approximate surface area is 139 Å². The second-order valence-corrected chi connectivity index (χ2v) is 6.63. The topological polar surface area (TPSA) is 102 Å². The van der Waals surface area contributed by atoms with E-state index >= 15 is 0 Å². The third-order valence-corrected chi connectivity index (χ3v) is 4.70. The van der Waals surface area contributed by atoms with Gasteiger partial charge < -0.3 is 14.6 Å². The Kier molecular flexibility index (Phi) is 4.99. The first-order valence-corrected chi connectivity index (χ1v) is 8.35. The lowest BCUT2D eigenvalue weighted by molar-refractivity contribution is 0.0698. The van der Waals surface area contributed by atoms with Crippen molar-refractivity contribution in [1.29, 1.82) is 0 Å². The molecule has 0 aliphatic heterocycles. The molecule has 0 saturated heterocycles. The molecule has 0 bridgehead atoms. The summed E-state index contributed by atoms with van der Waals surface area (Å²) in [6.07, 6.45) is 0. The summed E-state index contributed by atoms with van der Waals surface area (Å²) in [5, 5.41) is 9.26. The SMILES string of the molecule is COc1ccc(OC)c(S(=O)(=O)Nc2ccc(C)cc2C(=O)O)c1. The van der Waals surface area contributed by atoms with Crippen LogP contribution in [0.1, 0.15) is 15.9 Å². The van der Waals surface area contributed by atoms with E-state index in [1.54, 1.807) is 19.1 Å². The number of anilines is 1. The third-order valence-electron chi connectivity index (χ3n) is 3.31. The van der Waals surface area contributed by atoms with E-state index in [1.165, 1.54) is 38.5 Å². The molecule has 0 unspecified atom stereocenters. The smallest absolute Gasteiger partial charge is 0.337 e. The van der Waals surface area contributed by atoms with Gasteiger partial charge in [-0.15, -0.1) is 0 Å². The molecule has 0 spiro atoms. The van der Waals surface area contributed by atoms with Crippen LogP contribution in [0.3, 0.4) is 0 Å². The van der Waals surface area contributed by atoms with Gasteiger partial charge in [0.25, 0.3) is 10.0 Å². The van der Waals surface area contributed by atoms with Crippen LogP contribution in [0.15, 0.2) is 41.3 Å². The van der Waals surface area contributed by atoms with Gasteiger partial charge >= 0.3 is 5.97 Å². The highest BCUT2D eigenvalue weighted by molar-refractivity contribution is 7.92. The number of aryl methyl sites for hydroxylation is 1. The molecule has 0 amide bonds. The van der Waals surface area contributed by atoms with Crippen molar-refractivity contribution in [3.05, 3.63) is 47.5 Å². The molecular formula is C16H17NO6S. The summed E-state index contributed by atoms with van der Waals surface area (Å²) < 4.78 is 37.7. The van der Waals surface area contributed by atoms with Gasteiger partial charge in [-0.1, -0.05) is 11.6 Å². The van der Waals surface area contributed by atoms with Crippen molar-refractivity contribution in [3.63, 3.8) is 0 Å². The van der Waals surface area contributed by atoms with Crippen LogP contribution in [0.5, 0.6) is 11.5 Å². The molecule has 0 heterocycles. The predicted octanol–water partition coefficient (Wildman–Crippen LogP) is 2.51. The number of hydrogen-bond donors (Lipinski definition) is 2. The molecule has 2 N–H and O–H groups in total. The summed E-state index contributed by atoms with van der Waals surface area (Å²) >= 11 is 0. The first-order chi connectivity index (χ1) is 11.3. The Bertz CT molecular complexity index is 876. The summed E-state index contributed by atoms with van der Waals surface area (Å²) in [4.78, 5) is 11.2. The average molecular weight is 351 g/mol. The van der Waals surface area contributed by atoms with Gasteiger partial charge in [-0.05, 0) is 31.2 Å². The van der Waals surface area contributed by atoms with Crippen LogP contribution in [0.25, 0.3) is 0 Å². The number of hydrogen-bond acceptors (Lipinski definition) is 5. The van der Waals surface area contributed by atoms with Crippen molar-refractivity contribution in [3.8, 4) is 11.5 Å². The fourth-order valence-corrected chi connectivity index (χ4v) is 3.38. The zero-order valence-corrected chi connectivity index (χ0v) is 14.2. The van der Waals surface area contributed by atoms with Gasteiger partial charge in [0.2, 0.25) is 0 Å². The number of aromatic carboxylic acids is 1.